The lowest BCUT2D eigenvalue weighted by Gasteiger charge is -2.47. The van der Waals surface area contributed by atoms with Gasteiger partial charge in [-0.25, -0.2) is 0 Å². The lowest BCUT2D eigenvalue weighted by molar-refractivity contribution is 0.0524. The molecule has 1 heterocycles. The first-order valence-corrected chi connectivity index (χ1v) is 9.89. The van der Waals surface area contributed by atoms with Crippen molar-refractivity contribution in [2.75, 3.05) is 18.5 Å². The van der Waals surface area contributed by atoms with Crippen molar-refractivity contribution in [3.8, 4) is 5.75 Å². The number of rotatable bonds is 7. The highest BCUT2D eigenvalue weighted by Crippen LogP contribution is 2.41. The number of benzene rings is 2. The fourth-order valence-corrected chi connectivity index (χ4v) is 3.56. The fourth-order valence-electron chi connectivity index (χ4n) is 3.56. The standard InChI is InChI=1S/C23H30N2O2/c1-5-6-15-25-22(26)18-11-7-9-13-20(18)24-23(25,4)19-12-8-10-14-21(19)27-16-17(2)3/h7-14,17,24H,5-6,15-16H2,1-4H3. The Morgan fingerprint density at radius 3 is 2.56 bits per heavy atom. The van der Waals surface area contributed by atoms with Crippen molar-refractivity contribution in [3.05, 3.63) is 59.7 Å². The molecule has 0 bridgehead atoms. The molecule has 0 fully saturated rings. The Morgan fingerprint density at radius 1 is 1.11 bits per heavy atom. The summed E-state index contributed by atoms with van der Waals surface area (Å²) in [5.41, 5.74) is 1.93. The van der Waals surface area contributed by atoms with Crippen molar-refractivity contribution < 1.29 is 9.53 Å². The highest BCUT2D eigenvalue weighted by molar-refractivity contribution is 6.02. The molecule has 0 spiro atoms. The van der Waals surface area contributed by atoms with E-state index >= 15 is 0 Å². The van der Waals surface area contributed by atoms with Crippen LogP contribution in [0.15, 0.2) is 48.5 Å². The second-order valence-corrected chi connectivity index (χ2v) is 7.75. The van der Waals surface area contributed by atoms with Gasteiger partial charge in [0.25, 0.3) is 5.91 Å². The van der Waals surface area contributed by atoms with Crippen molar-refractivity contribution in [1.82, 2.24) is 4.90 Å². The monoisotopic (exact) mass is 366 g/mol. The average molecular weight is 367 g/mol. The number of anilines is 1. The minimum absolute atomic E-state index is 0.0685. The Hall–Kier alpha value is -2.49. The zero-order valence-electron chi connectivity index (χ0n) is 16.8. The number of unbranched alkanes of at least 4 members (excludes halogenated alkanes) is 1. The van der Waals surface area contributed by atoms with Gasteiger partial charge in [-0.1, -0.05) is 57.5 Å². The summed E-state index contributed by atoms with van der Waals surface area (Å²) in [6, 6.07) is 15.8. The number of hydrogen-bond donors (Lipinski definition) is 1. The number of hydrogen-bond acceptors (Lipinski definition) is 3. The van der Waals surface area contributed by atoms with Crippen LogP contribution in [0.1, 0.15) is 56.5 Å². The molecule has 2 aromatic rings. The first kappa shape index (κ1) is 19.3. The fraction of sp³-hybridized carbons (Fsp3) is 0.435. The predicted molar refractivity (Wildman–Crippen MR) is 110 cm³/mol. The van der Waals surface area contributed by atoms with Crippen molar-refractivity contribution >= 4 is 11.6 Å². The van der Waals surface area contributed by atoms with Gasteiger partial charge in [-0.05, 0) is 37.5 Å². The van der Waals surface area contributed by atoms with E-state index in [-0.39, 0.29) is 5.91 Å². The van der Waals surface area contributed by atoms with Gasteiger partial charge in [-0.15, -0.1) is 0 Å². The Labute approximate surface area is 162 Å². The van der Waals surface area contributed by atoms with Crippen LogP contribution in [0.4, 0.5) is 5.69 Å². The lowest BCUT2D eigenvalue weighted by Crippen LogP contribution is -2.56. The molecule has 1 aliphatic rings. The summed E-state index contributed by atoms with van der Waals surface area (Å²) in [6.07, 6.45) is 1.99. The maximum Gasteiger partial charge on any atom is 0.258 e. The van der Waals surface area contributed by atoms with Crippen LogP contribution < -0.4 is 10.1 Å². The minimum Gasteiger partial charge on any atom is -0.493 e. The number of nitrogens with zero attached hydrogens (tertiary/aromatic N) is 1. The molecule has 1 atom stereocenters. The number of amides is 1. The van der Waals surface area contributed by atoms with Crippen LogP contribution >= 0.6 is 0 Å². The average Bonchev–Trinajstić information content (AvgIpc) is 2.66. The lowest BCUT2D eigenvalue weighted by atomic mass is 9.92. The Balaban J connectivity index is 2.07. The zero-order chi connectivity index (χ0) is 19.4. The molecule has 4 heteroatoms. The third-order valence-corrected chi connectivity index (χ3v) is 5.04. The molecule has 1 unspecified atom stereocenters. The topological polar surface area (TPSA) is 41.6 Å². The first-order chi connectivity index (χ1) is 13.0. The van der Waals surface area contributed by atoms with Crippen LogP contribution in [0.3, 0.4) is 0 Å². The number of fused-ring (bicyclic) bond motifs is 1. The van der Waals surface area contributed by atoms with Gasteiger partial charge in [0.05, 0.1) is 12.2 Å². The van der Waals surface area contributed by atoms with Crippen molar-refractivity contribution in [3.63, 3.8) is 0 Å². The smallest absolute Gasteiger partial charge is 0.258 e. The highest BCUT2D eigenvalue weighted by Gasteiger charge is 2.43. The van der Waals surface area contributed by atoms with E-state index in [0.717, 1.165) is 35.4 Å². The summed E-state index contributed by atoms with van der Waals surface area (Å²) in [7, 11) is 0. The molecular formula is C23H30N2O2. The molecular weight excluding hydrogens is 336 g/mol. The van der Waals surface area contributed by atoms with Gasteiger partial charge in [-0.2, -0.15) is 0 Å². The molecule has 0 saturated carbocycles. The zero-order valence-corrected chi connectivity index (χ0v) is 16.8. The van der Waals surface area contributed by atoms with Gasteiger partial charge < -0.3 is 15.0 Å². The number of carbonyl (C=O) groups excluding carboxylic acids is 1. The summed E-state index contributed by atoms with van der Waals surface area (Å²) in [5, 5.41) is 3.63. The number of carbonyl (C=O) groups is 1. The van der Waals surface area contributed by atoms with Crippen LogP contribution in [0.5, 0.6) is 5.75 Å². The minimum atomic E-state index is -0.659. The van der Waals surface area contributed by atoms with Gasteiger partial charge >= 0.3 is 0 Å². The molecule has 144 valence electrons. The Kier molecular flexibility index (Phi) is 5.73. The Bertz CT molecular complexity index is 802. The van der Waals surface area contributed by atoms with Gasteiger partial charge in [-0.3, -0.25) is 4.79 Å². The van der Waals surface area contributed by atoms with Crippen molar-refractivity contribution in [2.45, 2.75) is 46.2 Å². The molecule has 0 aliphatic carbocycles. The number of para-hydroxylation sites is 2. The van der Waals surface area contributed by atoms with Gasteiger partial charge in [0.2, 0.25) is 0 Å². The normalized spacial score (nSPS) is 19.0. The molecule has 0 radical (unpaired) electrons. The predicted octanol–water partition coefficient (Wildman–Crippen LogP) is 5.26. The summed E-state index contributed by atoms with van der Waals surface area (Å²) in [4.78, 5) is 15.3. The largest absolute Gasteiger partial charge is 0.493 e. The quantitative estimate of drug-likeness (QED) is 0.726. The van der Waals surface area contributed by atoms with E-state index in [0.29, 0.717) is 19.1 Å². The molecule has 0 saturated heterocycles. The SMILES string of the molecule is CCCCN1C(=O)c2ccccc2NC1(C)c1ccccc1OCC(C)C. The van der Waals surface area contributed by atoms with Gasteiger partial charge in [0.15, 0.2) is 0 Å². The van der Waals surface area contributed by atoms with Crippen LogP contribution in [-0.2, 0) is 5.66 Å². The van der Waals surface area contributed by atoms with E-state index in [1.807, 2.05) is 47.4 Å². The molecule has 1 aliphatic heterocycles. The molecule has 0 aromatic heterocycles. The summed E-state index contributed by atoms with van der Waals surface area (Å²) in [6.45, 7) is 9.84. The van der Waals surface area contributed by atoms with Gasteiger partial charge in [0, 0.05) is 17.8 Å². The van der Waals surface area contributed by atoms with E-state index < -0.39 is 5.66 Å². The second kappa shape index (κ2) is 8.03. The molecule has 4 nitrogen and oxygen atoms in total. The van der Waals surface area contributed by atoms with E-state index in [9.17, 15) is 4.79 Å². The molecule has 2 aromatic carbocycles. The van der Waals surface area contributed by atoms with Crippen LogP contribution in [0.2, 0.25) is 0 Å². The van der Waals surface area contributed by atoms with E-state index in [1.165, 1.54) is 0 Å². The Morgan fingerprint density at radius 2 is 1.81 bits per heavy atom. The molecule has 27 heavy (non-hydrogen) atoms. The summed E-state index contributed by atoms with van der Waals surface area (Å²) < 4.78 is 6.12. The second-order valence-electron chi connectivity index (χ2n) is 7.75. The van der Waals surface area contributed by atoms with Crippen LogP contribution in [0, 0.1) is 5.92 Å². The maximum atomic E-state index is 13.3. The van der Waals surface area contributed by atoms with E-state index in [1.54, 1.807) is 0 Å². The van der Waals surface area contributed by atoms with Crippen molar-refractivity contribution in [2.24, 2.45) is 5.92 Å². The maximum absolute atomic E-state index is 13.3. The first-order valence-electron chi connectivity index (χ1n) is 9.89. The molecule has 3 rings (SSSR count). The van der Waals surface area contributed by atoms with Crippen LogP contribution in [-0.4, -0.2) is 24.0 Å². The third kappa shape index (κ3) is 3.80. The molecule has 1 N–H and O–H groups in total. The van der Waals surface area contributed by atoms with Crippen LogP contribution in [0.25, 0.3) is 0 Å². The van der Waals surface area contributed by atoms with E-state index in [2.05, 4.69) is 39.1 Å². The highest BCUT2D eigenvalue weighted by atomic mass is 16.5. The summed E-state index contributed by atoms with van der Waals surface area (Å²) >= 11 is 0. The molecule has 1 amide bonds. The number of ether oxygens (including phenoxy) is 1. The summed E-state index contributed by atoms with van der Waals surface area (Å²) in [5.74, 6) is 1.33. The van der Waals surface area contributed by atoms with Gasteiger partial charge in [0.1, 0.15) is 11.4 Å². The van der Waals surface area contributed by atoms with E-state index in [4.69, 9.17) is 4.74 Å². The number of nitrogens with one attached hydrogen (secondary N) is 1. The van der Waals surface area contributed by atoms with Crippen molar-refractivity contribution in [1.29, 1.82) is 0 Å². The third-order valence-electron chi connectivity index (χ3n) is 5.04.